The van der Waals surface area contributed by atoms with Gasteiger partial charge in [0.05, 0.1) is 6.54 Å². The smallest absolute Gasteiger partial charge is 0.250 e. The van der Waals surface area contributed by atoms with Crippen LogP contribution in [0.2, 0.25) is 5.02 Å². The summed E-state index contributed by atoms with van der Waals surface area (Å²) >= 11 is 11.0. The Balaban J connectivity index is 2.33. The first kappa shape index (κ1) is 12.8. The van der Waals surface area contributed by atoms with Crippen molar-refractivity contribution in [1.29, 1.82) is 0 Å². The highest BCUT2D eigenvalue weighted by molar-refractivity contribution is 7.80. The van der Waals surface area contributed by atoms with Crippen LogP contribution in [-0.4, -0.2) is 9.56 Å². The largest absolute Gasteiger partial charge is 0.389 e. The van der Waals surface area contributed by atoms with Gasteiger partial charge in [-0.25, -0.2) is 0 Å². The van der Waals surface area contributed by atoms with E-state index in [1.165, 1.54) is 6.07 Å². The number of benzene rings is 1. The van der Waals surface area contributed by atoms with E-state index in [0.717, 1.165) is 11.1 Å². The van der Waals surface area contributed by atoms with Crippen molar-refractivity contribution in [3.05, 3.63) is 69.1 Å². The van der Waals surface area contributed by atoms with E-state index in [4.69, 9.17) is 29.6 Å². The standard InChI is InChI=1S/C13H11ClN2OS/c14-11-7-9(13(15)18)4-5-10(11)8-16-6-2-1-3-12(16)17/h1-7H,8H2,(H2,15,18). The van der Waals surface area contributed by atoms with Gasteiger partial charge >= 0.3 is 0 Å². The van der Waals surface area contributed by atoms with Crippen LogP contribution >= 0.6 is 23.8 Å². The van der Waals surface area contributed by atoms with Crippen LogP contribution in [0.5, 0.6) is 0 Å². The lowest BCUT2D eigenvalue weighted by atomic mass is 10.1. The molecule has 0 atom stereocenters. The molecule has 0 unspecified atom stereocenters. The van der Waals surface area contributed by atoms with Gasteiger partial charge in [0.1, 0.15) is 4.99 Å². The summed E-state index contributed by atoms with van der Waals surface area (Å²) in [5, 5.41) is 0.552. The summed E-state index contributed by atoms with van der Waals surface area (Å²) in [5.74, 6) is 0. The van der Waals surface area contributed by atoms with Gasteiger partial charge in [0.2, 0.25) is 0 Å². The molecule has 2 aromatic rings. The molecule has 5 heteroatoms. The van der Waals surface area contributed by atoms with Gasteiger partial charge in [-0.3, -0.25) is 4.79 Å². The van der Waals surface area contributed by atoms with E-state index in [0.29, 0.717) is 16.6 Å². The Kier molecular flexibility index (Phi) is 3.79. The summed E-state index contributed by atoms with van der Waals surface area (Å²) in [6, 6.07) is 10.4. The molecule has 0 saturated carbocycles. The first-order valence-corrected chi connectivity index (χ1v) is 6.10. The Morgan fingerprint density at radius 3 is 2.72 bits per heavy atom. The van der Waals surface area contributed by atoms with Crippen LogP contribution in [0.15, 0.2) is 47.4 Å². The number of aromatic nitrogens is 1. The molecule has 0 fully saturated rings. The molecule has 18 heavy (non-hydrogen) atoms. The molecule has 0 saturated heterocycles. The first-order valence-electron chi connectivity index (χ1n) is 5.31. The number of nitrogens with zero attached hydrogens (tertiary/aromatic N) is 1. The van der Waals surface area contributed by atoms with Gasteiger partial charge in [0, 0.05) is 22.8 Å². The van der Waals surface area contributed by atoms with Crippen molar-refractivity contribution in [3.8, 4) is 0 Å². The van der Waals surface area contributed by atoms with E-state index in [-0.39, 0.29) is 5.56 Å². The number of nitrogens with two attached hydrogens (primary N) is 1. The van der Waals surface area contributed by atoms with E-state index in [2.05, 4.69) is 0 Å². The topological polar surface area (TPSA) is 48.0 Å². The quantitative estimate of drug-likeness (QED) is 0.876. The molecule has 0 bridgehead atoms. The minimum absolute atomic E-state index is 0.0630. The molecule has 3 nitrogen and oxygen atoms in total. The second-order valence-electron chi connectivity index (χ2n) is 3.84. The van der Waals surface area contributed by atoms with Crippen molar-refractivity contribution in [2.75, 3.05) is 0 Å². The van der Waals surface area contributed by atoms with Crippen molar-refractivity contribution in [1.82, 2.24) is 4.57 Å². The third-order valence-electron chi connectivity index (χ3n) is 2.58. The fourth-order valence-corrected chi connectivity index (χ4v) is 1.97. The molecule has 0 radical (unpaired) electrons. The highest BCUT2D eigenvalue weighted by Crippen LogP contribution is 2.18. The summed E-state index contributed by atoms with van der Waals surface area (Å²) in [6.45, 7) is 0.427. The van der Waals surface area contributed by atoms with Crippen LogP contribution in [0, 0.1) is 0 Å². The van der Waals surface area contributed by atoms with E-state index in [9.17, 15) is 4.79 Å². The van der Waals surface area contributed by atoms with E-state index in [1.54, 1.807) is 35.0 Å². The third-order valence-corrected chi connectivity index (χ3v) is 3.16. The average Bonchev–Trinajstić information content (AvgIpc) is 2.34. The van der Waals surface area contributed by atoms with E-state index in [1.807, 2.05) is 6.07 Å². The lowest BCUT2D eigenvalue weighted by molar-refractivity contribution is 0.759. The predicted octanol–water partition coefficient (Wildman–Crippen LogP) is 2.18. The molecular formula is C13H11ClN2OS. The second kappa shape index (κ2) is 5.33. The molecule has 92 valence electrons. The summed E-state index contributed by atoms with van der Waals surface area (Å²) in [5.41, 5.74) is 7.04. The van der Waals surface area contributed by atoms with Gasteiger partial charge in [-0.1, -0.05) is 42.0 Å². The van der Waals surface area contributed by atoms with Crippen LogP contribution in [-0.2, 0) is 6.54 Å². The minimum atomic E-state index is -0.0630. The fraction of sp³-hybridized carbons (Fsp3) is 0.0769. The maximum absolute atomic E-state index is 11.6. The van der Waals surface area contributed by atoms with Gasteiger partial charge in [0.15, 0.2) is 0 Å². The molecular weight excluding hydrogens is 268 g/mol. The van der Waals surface area contributed by atoms with E-state index >= 15 is 0 Å². The molecule has 0 amide bonds. The Bertz CT molecular complexity index is 651. The molecule has 2 N–H and O–H groups in total. The molecule has 2 rings (SSSR count). The fourth-order valence-electron chi connectivity index (χ4n) is 1.60. The summed E-state index contributed by atoms with van der Waals surface area (Å²) in [4.78, 5) is 11.9. The van der Waals surface area contributed by atoms with Gasteiger partial charge in [0.25, 0.3) is 5.56 Å². The van der Waals surface area contributed by atoms with Crippen LogP contribution < -0.4 is 11.3 Å². The maximum Gasteiger partial charge on any atom is 0.250 e. The van der Waals surface area contributed by atoms with Gasteiger partial charge < -0.3 is 10.3 Å². The zero-order valence-corrected chi connectivity index (χ0v) is 11.0. The Labute approximate surface area is 115 Å². The number of hydrogen-bond acceptors (Lipinski definition) is 2. The lowest BCUT2D eigenvalue weighted by Crippen LogP contribution is -2.18. The number of halogens is 1. The van der Waals surface area contributed by atoms with Crippen LogP contribution in [0.3, 0.4) is 0 Å². The Morgan fingerprint density at radius 2 is 2.11 bits per heavy atom. The van der Waals surface area contributed by atoms with Crippen LogP contribution in [0.1, 0.15) is 11.1 Å². The molecule has 0 aliphatic carbocycles. The highest BCUT2D eigenvalue weighted by Gasteiger charge is 2.05. The summed E-state index contributed by atoms with van der Waals surface area (Å²) in [6.07, 6.45) is 1.72. The predicted molar refractivity (Wildman–Crippen MR) is 77.1 cm³/mol. The van der Waals surface area contributed by atoms with Crippen molar-refractivity contribution in [3.63, 3.8) is 0 Å². The normalized spacial score (nSPS) is 10.3. The number of thiocarbonyl (C=S) groups is 1. The zero-order valence-electron chi connectivity index (χ0n) is 9.47. The molecule has 1 aromatic carbocycles. The number of pyridine rings is 1. The number of rotatable bonds is 3. The summed E-state index contributed by atoms with van der Waals surface area (Å²) in [7, 11) is 0. The Hall–Kier alpha value is -1.65. The van der Waals surface area contributed by atoms with Gasteiger partial charge in [-0.2, -0.15) is 0 Å². The Morgan fingerprint density at radius 1 is 1.33 bits per heavy atom. The van der Waals surface area contributed by atoms with Crippen molar-refractivity contribution in [2.24, 2.45) is 5.73 Å². The van der Waals surface area contributed by atoms with Crippen LogP contribution in [0.25, 0.3) is 0 Å². The first-order chi connectivity index (χ1) is 8.58. The zero-order chi connectivity index (χ0) is 13.1. The summed E-state index contributed by atoms with van der Waals surface area (Å²) < 4.78 is 1.58. The molecule has 0 spiro atoms. The van der Waals surface area contributed by atoms with Crippen molar-refractivity contribution >= 4 is 28.8 Å². The highest BCUT2D eigenvalue weighted by atomic mass is 35.5. The minimum Gasteiger partial charge on any atom is -0.389 e. The monoisotopic (exact) mass is 278 g/mol. The van der Waals surface area contributed by atoms with Gasteiger partial charge in [-0.05, 0) is 17.7 Å². The molecule has 1 heterocycles. The molecule has 1 aromatic heterocycles. The van der Waals surface area contributed by atoms with Gasteiger partial charge in [-0.15, -0.1) is 0 Å². The third kappa shape index (κ3) is 2.78. The van der Waals surface area contributed by atoms with Crippen LogP contribution in [0.4, 0.5) is 0 Å². The van der Waals surface area contributed by atoms with Crippen molar-refractivity contribution in [2.45, 2.75) is 6.54 Å². The average molecular weight is 279 g/mol. The van der Waals surface area contributed by atoms with Crippen molar-refractivity contribution < 1.29 is 0 Å². The molecule has 0 aliphatic rings. The SMILES string of the molecule is NC(=S)c1ccc(Cn2ccccc2=O)c(Cl)c1. The van der Waals surface area contributed by atoms with E-state index < -0.39 is 0 Å². The number of hydrogen-bond donors (Lipinski definition) is 1. The lowest BCUT2D eigenvalue weighted by Gasteiger charge is -2.08. The second-order valence-corrected chi connectivity index (χ2v) is 4.68. The maximum atomic E-state index is 11.6. The molecule has 0 aliphatic heterocycles.